The van der Waals surface area contributed by atoms with E-state index in [1.54, 1.807) is 0 Å². The van der Waals surface area contributed by atoms with Crippen LogP contribution in [-0.2, 0) is 9.59 Å². The predicted molar refractivity (Wildman–Crippen MR) is 57.0 cm³/mol. The van der Waals surface area contributed by atoms with E-state index >= 15 is 0 Å². The highest BCUT2D eigenvalue weighted by molar-refractivity contribution is 5.85. The van der Waals surface area contributed by atoms with E-state index in [0.717, 1.165) is 13.0 Å². The van der Waals surface area contributed by atoms with Crippen LogP contribution in [-0.4, -0.2) is 31.4 Å². The standard InChI is InChI=1S/C10H19N3O2/c1-2-10(3-4-10)7-13-9(15)6-12-8(14)5-11/h2-7,11H2,1H3,(H,12,14)(H,13,15). The molecule has 0 saturated heterocycles. The minimum atomic E-state index is -0.304. The minimum absolute atomic E-state index is 0.0236. The van der Waals surface area contributed by atoms with Crippen LogP contribution in [0.5, 0.6) is 0 Å². The van der Waals surface area contributed by atoms with Gasteiger partial charge in [0.15, 0.2) is 0 Å². The number of hydrogen-bond donors (Lipinski definition) is 3. The summed E-state index contributed by atoms with van der Waals surface area (Å²) >= 11 is 0. The van der Waals surface area contributed by atoms with Crippen LogP contribution in [0, 0.1) is 5.41 Å². The van der Waals surface area contributed by atoms with Gasteiger partial charge in [0.2, 0.25) is 11.8 Å². The van der Waals surface area contributed by atoms with Crippen LogP contribution in [0.3, 0.4) is 0 Å². The number of nitrogens with two attached hydrogens (primary N) is 1. The van der Waals surface area contributed by atoms with Crippen molar-refractivity contribution in [1.82, 2.24) is 10.6 Å². The highest BCUT2D eigenvalue weighted by Crippen LogP contribution is 2.47. The quantitative estimate of drug-likeness (QED) is 0.549. The summed E-state index contributed by atoms with van der Waals surface area (Å²) in [5.41, 5.74) is 5.43. The molecule has 86 valence electrons. The van der Waals surface area contributed by atoms with Crippen molar-refractivity contribution in [3.8, 4) is 0 Å². The van der Waals surface area contributed by atoms with E-state index in [4.69, 9.17) is 5.73 Å². The van der Waals surface area contributed by atoms with Crippen LogP contribution in [0.15, 0.2) is 0 Å². The molecule has 1 saturated carbocycles. The third-order valence-electron chi connectivity index (χ3n) is 3.00. The van der Waals surface area contributed by atoms with Crippen LogP contribution in [0.25, 0.3) is 0 Å². The van der Waals surface area contributed by atoms with E-state index in [9.17, 15) is 9.59 Å². The zero-order chi connectivity index (χ0) is 11.3. The third-order valence-corrected chi connectivity index (χ3v) is 3.00. The van der Waals surface area contributed by atoms with E-state index < -0.39 is 0 Å². The first-order chi connectivity index (χ1) is 7.12. The largest absolute Gasteiger partial charge is 0.354 e. The molecular formula is C10H19N3O2. The van der Waals surface area contributed by atoms with Crippen LogP contribution in [0.1, 0.15) is 26.2 Å². The van der Waals surface area contributed by atoms with E-state index in [-0.39, 0.29) is 24.9 Å². The van der Waals surface area contributed by atoms with E-state index in [1.807, 2.05) is 0 Å². The molecule has 5 heteroatoms. The van der Waals surface area contributed by atoms with Gasteiger partial charge in [0.1, 0.15) is 0 Å². The molecule has 0 aromatic rings. The summed E-state index contributed by atoms with van der Waals surface area (Å²) in [6.07, 6.45) is 3.49. The molecule has 1 rings (SSSR count). The Labute approximate surface area is 89.8 Å². The first-order valence-electron chi connectivity index (χ1n) is 5.35. The van der Waals surface area contributed by atoms with Crippen LogP contribution >= 0.6 is 0 Å². The van der Waals surface area contributed by atoms with Crippen LogP contribution in [0.4, 0.5) is 0 Å². The smallest absolute Gasteiger partial charge is 0.239 e. The van der Waals surface area contributed by atoms with Gasteiger partial charge in [-0.05, 0) is 24.7 Å². The molecule has 0 radical (unpaired) electrons. The van der Waals surface area contributed by atoms with Crippen LogP contribution < -0.4 is 16.4 Å². The molecular weight excluding hydrogens is 194 g/mol. The fraction of sp³-hybridized carbons (Fsp3) is 0.800. The summed E-state index contributed by atoms with van der Waals surface area (Å²) in [6.45, 7) is 2.80. The number of amides is 2. The lowest BCUT2D eigenvalue weighted by Crippen LogP contribution is -2.41. The van der Waals surface area contributed by atoms with Gasteiger partial charge in [0.25, 0.3) is 0 Å². The average molecular weight is 213 g/mol. The van der Waals surface area contributed by atoms with E-state index in [1.165, 1.54) is 12.8 Å². The monoisotopic (exact) mass is 213 g/mol. The lowest BCUT2D eigenvalue weighted by Gasteiger charge is -2.13. The van der Waals surface area contributed by atoms with Gasteiger partial charge in [0, 0.05) is 6.54 Å². The maximum Gasteiger partial charge on any atom is 0.239 e. The molecule has 4 N–H and O–H groups in total. The second kappa shape index (κ2) is 5.11. The molecule has 1 aliphatic carbocycles. The molecule has 0 aromatic heterocycles. The Balaban J connectivity index is 2.11. The second-order valence-corrected chi connectivity index (χ2v) is 4.11. The number of nitrogens with one attached hydrogen (secondary N) is 2. The highest BCUT2D eigenvalue weighted by atomic mass is 16.2. The summed E-state index contributed by atoms with van der Waals surface area (Å²) in [5, 5.41) is 5.25. The van der Waals surface area contributed by atoms with Crippen molar-refractivity contribution in [2.24, 2.45) is 11.1 Å². The predicted octanol–water partition coefficient (Wildman–Crippen LogP) is -0.632. The number of carbonyl (C=O) groups is 2. The van der Waals surface area contributed by atoms with Crippen molar-refractivity contribution >= 4 is 11.8 Å². The molecule has 2 amide bonds. The lowest BCUT2D eigenvalue weighted by molar-refractivity contribution is -0.125. The maximum atomic E-state index is 11.3. The van der Waals surface area contributed by atoms with Crippen molar-refractivity contribution in [2.45, 2.75) is 26.2 Å². The van der Waals surface area contributed by atoms with Gasteiger partial charge in [-0.15, -0.1) is 0 Å². The third kappa shape index (κ3) is 3.87. The Morgan fingerprint density at radius 1 is 1.27 bits per heavy atom. The number of rotatable bonds is 6. The fourth-order valence-electron chi connectivity index (χ4n) is 1.43. The molecule has 5 nitrogen and oxygen atoms in total. The number of hydrogen-bond acceptors (Lipinski definition) is 3. The molecule has 0 atom stereocenters. The fourth-order valence-corrected chi connectivity index (χ4v) is 1.43. The molecule has 0 unspecified atom stereocenters. The summed E-state index contributed by atoms with van der Waals surface area (Å²) in [7, 11) is 0. The Bertz CT molecular complexity index is 249. The van der Waals surface area contributed by atoms with Gasteiger partial charge >= 0.3 is 0 Å². The highest BCUT2D eigenvalue weighted by Gasteiger charge is 2.40. The molecule has 0 aliphatic heterocycles. The van der Waals surface area contributed by atoms with E-state index in [2.05, 4.69) is 17.6 Å². The molecule has 0 bridgehead atoms. The summed E-state index contributed by atoms with van der Waals surface area (Å²) < 4.78 is 0. The van der Waals surface area contributed by atoms with Crippen molar-refractivity contribution in [1.29, 1.82) is 0 Å². The van der Waals surface area contributed by atoms with E-state index in [0.29, 0.717) is 5.41 Å². The van der Waals surface area contributed by atoms with Gasteiger partial charge in [-0.1, -0.05) is 6.92 Å². The number of carbonyl (C=O) groups excluding carboxylic acids is 2. The first kappa shape index (κ1) is 12.0. The first-order valence-corrected chi connectivity index (χ1v) is 5.35. The molecule has 0 aromatic carbocycles. The Kier molecular flexibility index (Phi) is 4.08. The Morgan fingerprint density at radius 2 is 1.93 bits per heavy atom. The molecule has 0 spiro atoms. The average Bonchev–Trinajstić information content (AvgIpc) is 3.03. The van der Waals surface area contributed by atoms with Gasteiger partial charge in [-0.25, -0.2) is 0 Å². The lowest BCUT2D eigenvalue weighted by atomic mass is 10.0. The van der Waals surface area contributed by atoms with Gasteiger partial charge in [0.05, 0.1) is 13.1 Å². The maximum absolute atomic E-state index is 11.3. The minimum Gasteiger partial charge on any atom is -0.354 e. The normalized spacial score (nSPS) is 16.9. The zero-order valence-corrected chi connectivity index (χ0v) is 9.14. The molecule has 15 heavy (non-hydrogen) atoms. The Morgan fingerprint density at radius 3 is 2.40 bits per heavy atom. The molecule has 1 aliphatic rings. The summed E-state index contributed by atoms with van der Waals surface area (Å²) in [4.78, 5) is 22.1. The topological polar surface area (TPSA) is 84.2 Å². The van der Waals surface area contributed by atoms with Gasteiger partial charge < -0.3 is 16.4 Å². The van der Waals surface area contributed by atoms with Crippen molar-refractivity contribution in [3.63, 3.8) is 0 Å². The second-order valence-electron chi connectivity index (χ2n) is 4.11. The Hall–Kier alpha value is -1.10. The van der Waals surface area contributed by atoms with Crippen LogP contribution in [0.2, 0.25) is 0 Å². The summed E-state index contributed by atoms with van der Waals surface area (Å²) in [5.74, 6) is -0.446. The van der Waals surface area contributed by atoms with Crippen molar-refractivity contribution in [2.75, 3.05) is 19.6 Å². The van der Waals surface area contributed by atoms with Gasteiger partial charge in [-0.3, -0.25) is 9.59 Å². The zero-order valence-electron chi connectivity index (χ0n) is 9.14. The van der Waals surface area contributed by atoms with Crippen molar-refractivity contribution < 1.29 is 9.59 Å². The van der Waals surface area contributed by atoms with Crippen molar-refractivity contribution in [3.05, 3.63) is 0 Å². The SMILES string of the molecule is CCC1(CNC(=O)CNC(=O)CN)CC1. The molecule has 0 heterocycles. The van der Waals surface area contributed by atoms with Gasteiger partial charge in [-0.2, -0.15) is 0 Å². The summed E-state index contributed by atoms with van der Waals surface area (Å²) in [6, 6.07) is 0. The molecule has 1 fully saturated rings.